The van der Waals surface area contributed by atoms with E-state index in [2.05, 4.69) is 31.5 Å². The molecule has 1 heterocycles. The number of hydrogen-bond donors (Lipinski definition) is 2. The maximum absolute atomic E-state index is 13.0. The highest BCUT2D eigenvalue weighted by Gasteiger charge is 2.17. The number of nitro groups is 1. The molecule has 0 spiro atoms. The van der Waals surface area contributed by atoms with Crippen LogP contribution in [-0.2, 0) is 0 Å². The minimum Gasteiger partial charge on any atom is -0.373 e. The first-order chi connectivity index (χ1) is 9.51. The van der Waals surface area contributed by atoms with Crippen molar-refractivity contribution in [3.63, 3.8) is 0 Å². The zero-order chi connectivity index (χ0) is 14.7. The number of rotatable bonds is 4. The summed E-state index contributed by atoms with van der Waals surface area (Å²) >= 11 is 3.19. The van der Waals surface area contributed by atoms with E-state index in [0.717, 1.165) is 0 Å². The number of benzene rings is 1. The summed E-state index contributed by atoms with van der Waals surface area (Å²) in [6.07, 6.45) is 0. The molecule has 0 atom stereocenters. The Bertz CT molecular complexity index is 666. The molecule has 0 aliphatic rings. The maximum Gasteiger partial charge on any atom is 0.311 e. The van der Waals surface area contributed by atoms with Crippen molar-refractivity contribution < 1.29 is 9.31 Å². The number of pyridine rings is 1. The third-order valence-electron chi connectivity index (χ3n) is 2.51. The van der Waals surface area contributed by atoms with E-state index < -0.39 is 10.7 Å². The zero-order valence-electron chi connectivity index (χ0n) is 10.4. The first kappa shape index (κ1) is 14.2. The van der Waals surface area contributed by atoms with Gasteiger partial charge in [-0.25, -0.2) is 9.37 Å². The van der Waals surface area contributed by atoms with Crippen LogP contribution in [0.3, 0.4) is 0 Å². The predicted molar refractivity (Wildman–Crippen MR) is 77.8 cm³/mol. The molecule has 0 aliphatic heterocycles. The molecular weight excluding hydrogens is 331 g/mol. The zero-order valence-corrected chi connectivity index (χ0v) is 11.9. The second kappa shape index (κ2) is 5.83. The summed E-state index contributed by atoms with van der Waals surface area (Å²) in [7, 11) is 1.66. The maximum atomic E-state index is 13.0. The number of aromatic nitrogens is 1. The molecule has 0 saturated heterocycles. The van der Waals surface area contributed by atoms with Gasteiger partial charge in [0.1, 0.15) is 11.6 Å². The van der Waals surface area contributed by atoms with Gasteiger partial charge in [0.05, 0.1) is 10.6 Å². The van der Waals surface area contributed by atoms with Crippen LogP contribution in [0.4, 0.5) is 27.4 Å². The molecule has 0 amide bonds. The van der Waals surface area contributed by atoms with Gasteiger partial charge in [-0.05, 0) is 40.2 Å². The van der Waals surface area contributed by atoms with Crippen molar-refractivity contribution in [2.24, 2.45) is 0 Å². The molecule has 0 radical (unpaired) electrons. The SMILES string of the molecule is CNc1ccc([N+](=O)[O-])c(Nc2ccc(F)cc2Br)n1. The quantitative estimate of drug-likeness (QED) is 0.655. The van der Waals surface area contributed by atoms with Gasteiger partial charge in [0.25, 0.3) is 0 Å². The molecule has 0 bridgehead atoms. The summed E-state index contributed by atoms with van der Waals surface area (Å²) in [5, 5.41) is 16.6. The van der Waals surface area contributed by atoms with Crippen molar-refractivity contribution in [1.82, 2.24) is 4.98 Å². The Morgan fingerprint density at radius 3 is 2.70 bits per heavy atom. The fraction of sp³-hybridized carbons (Fsp3) is 0.0833. The van der Waals surface area contributed by atoms with E-state index in [9.17, 15) is 14.5 Å². The van der Waals surface area contributed by atoms with Crippen LogP contribution in [0.2, 0.25) is 0 Å². The lowest BCUT2D eigenvalue weighted by atomic mass is 10.3. The number of hydrogen-bond acceptors (Lipinski definition) is 5. The van der Waals surface area contributed by atoms with Crippen LogP contribution in [-0.4, -0.2) is 17.0 Å². The number of nitrogens with one attached hydrogen (secondary N) is 2. The molecule has 0 fully saturated rings. The molecule has 2 aromatic rings. The average Bonchev–Trinajstić information content (AvgIpc) is 2.41. The highest BCUT2D eigenvalue weighted by molar-refractivity contribution is 9.10. The van der Waals surface area contributed by atoms with Crippen molar-refractivity contribution in [2.45, 2.75) is 0 Å². The van der Waals surface area contributed by atoms with E-state index in [1.807, 2.05) is 0 Å². The normalized spacial score (nSPS) is 10.2. The summed E-state index contributed by atoms with van der Waals surface area (Å²) in [4.78, 5) is 14.5. The van der Waals surface area contributed by atoms with Crippen LogP contribution in [0.1, 0.15) is 0 Å². The van der Waals surface area contributed by atoms with Crippen LogP contribution in [0, 0.1) is 15.9 Å². The van der Waals surface area contributed by atoms with Crippen LogP contribution in [0.15, 0.2) is 34.8 Å². The van der Waals surface area contributed by atoms with Gasteiger partial charge in [-0.1, -0.05) is 0 Å². The molecule has 2 rings (SSSR count). The molecule has 20 heavy (non-hydrogen) atoms. The van der Waals surface area contributed by atoms with E-state index in [0.29, 0.717) is 16.0 Å². The molecule has 104 valence electrons. The van der Waals surface area contributed by atoms with E-state index >= 15 is 0 Å². The Kier molecular flexibility index (Phi) is 4.14. The second-order valence-electron chi connectivity index (χ2n) is 3.82. The highest BCUT2D eigenvalue weighted by Crippen LogP contribution is 2.31. The molecular formula is C12H10BrFN4O2. The van der Waals surface area contributed by atoms with Gasteiger partial charge in [-0.15, -0.1) is 0 Å². The Balaban J connectivity index is 2.43. The van der Waals surface area contributed by atoms with Gasteiger partial charge in [-0.3, -0.25) is 10.1 Å². The number of anilines is 3. The van der Waals surface area contributed by atoms with E-state index in [-0.39, 0.29) is 11.5 Å². The summed E-state index contributed by atoms with van der Waals surface area (Å²) in [5.74, 6) is 0.152. The molecule has 2 N–H and O–H groups in total. The first-order valence-corrected chi connectivity index (χ1v) is 6.36. The van der Waals surface area contributed by atoms with E-state index in [4.69, 9.17) is 0 Å². The summed E-state index contributed by atoms with van der Waals surface area (Å²) in [6, 6.07) is 6.83. The monoisotopic (exact) mass is 340 g/mol. The molecule has 8 heteroatoms. The lowest BCUT2D eigenvalue weighted by molar-refractivity contribution is -0.384. The highest BCUT2D eigenvalue weighted by atomic mass is 79.9. The van der Waals surface area contributed by atoms with Gasteiger partial charge in [0.15, 0.2) is 0 Å². The van der Waals surface area contributed by atoms with Gasteiger partial charge in [0, 0.05) is 17.6 Å². The van der Waals surface area contributed by atoms with Gasteiger partial charge >= 0.3 is 5.69 Å². The lowest BCUT2D eigenvalue weighted by Crippen LogP contribution is -2.02. The summed E-state index contributed by atoms with van der Waals surface area (Å²) < 4.78 is 13.5. The minimum atomic E-state index is -0.536. The second-order valence-corrected chi connectivity index (χ2v) is 4.67. The van der Waals surface area contributed by atoms with E-state index in [1.54, 1.807) is 7.05 Å². The molecule has 1 aromatic heterocycles. The molecule has 0 saturated carbocycles. The van der Waals surface area contributed by atoms with Crippen LogP contribution < -0.4 is 10.6 Å². The largest absolute Gasteiger partial charge is 0.373 e. The van der Waals surface area contributed by atoms with E-state index in [1.165, 1.54) is 30.3 Å². The average molecular weight is 341 g/mol. The predicted octanol–water partition coefficient (Wildman–Crippen LogP) is 3.68. The van der Waals surface area contributed by atoms with Gasteiger partial charge < -0.3 is 10.6 Å². The van der Waals surface area contributed by atoms with Gasteiger partial charge in [0.2, 0.25) is 5.82 Å². The summed E-state index contributed by atoms with van der Waals surface area (Å²) in [5.41, 5.74) is 0.315. The minimum absolute atomic E-state index is 0.0779. The first-order valence-electron chi connectivity index (χ1n) is 5.56. The molecule has 0 aliphatic carbocycles. The van der Waals surface area contributed by atoms with Crippen LogP contribution in [0.5, 0.6) is 0 Å². The Labute approximate surface area is 122 Å². The Morgan fingerprint density at radius 2 is 2.10 bits per heavy atom. The standard InChI is InChI=1S/C12H10BrFN4O2/c1-15-11-5-4-10(18(19)20)12(17-11)16-9-3-2-7(14)6-8(9)13/h2-6H,1H3,(H2,15,16,17). The Morgan fingerprint density at radius 1 is 1.35 bits per heavy atom. The number of halogens is 2. The van der Waals surface area contributed by atoms with Crippen molar-refractivity contribution in [3.05, 3.63) is 50.7 Å². The third kappa shape index (κ3) is 3.02. The molecule has 6 nitrogen and oxygen atoms in total. The lowest BCUT2D eigenvalue weighted by Gasteiger charge is -2.09. The third-order valence-corrected chi connectivity index (χ3v) is 3.17. The fourth-order valence-electron chi connectivity index (χ4n) is 1.55. The smallest absolute Gasteiger partial charge is 0.311 e. The van der Waals surface area contributed by atoms with Crippen LogP contribution in [0.25, 0.3) is 0 Å². The van der Waals surface area contributed by atoms with Crippen molar-refractivity contribution >= 4 is 38.9 Å². The van der Waals surface area contributed by atoms with Gasteiger partial charge in [-0.2, -0.15) is 0 Å². The molecule has 1 aromatic carbocycles. The van der Waals surface area contributed by atoms with Crippen molar-refractivity contribution in [3.8, 4) is 0 Å². The van der Waals surface area contributed by atoms with Crippen molar-refractivity contribution in [2.75, 3.05) is 17.7 Å². The topological polar surface area (TPSA) is 80.1 Å². The fourth-order valence-corrected chi connectivity index (χ4v) is 2.00. The number of nitrogens with zero attached hydrogens (tertiary/aromatic N) is 2. The Hall–Kier alpha value is -2.22. The summed E-state index contributed by atoms with van der Waals surface area (Å²) in [6.45, 7) is 0. The molecule has 0 unspecified atom stereocenters. The van der Waals surface area contributed by atoms with Crippen molar-refractivity contribution in [1.29, 1.82) is 0 Å². The van der Waals surface area contributed by atoms with Crippen LogP contribution >= 0.6 is 15.9 Å².